The fraction of sp³-hybridized carbons (Fsp3) is 0.0625. The minimum absolute atomic E-state index is 0.150. The van der Waals surface area contributed by atoms with Crippen LogP contribution in [0, 0.1) is 0 Å². The van der Waals surface area contributed by atoms with E-state index in [0.717, 1.165) is 11.1 Å². The summed E-state index contributed by atoms with van der Waals surface area (Å²) in [4.78, 5) is 12.2. The van der Waals surface area contributed by atoms with Crippen LogP contribution in [0.2, 0.25) is 10.0 Å². The predicted octanol–water partition coefficient (Wildman–Crippen LogP) is 4.21. The van der Waals surface area contributed by atoms with Crippen molar-refractivity contribution in [2.75, 3.05) is 12.1 Å². The highest BCUT2D eigenvalue weighted by molar-refractivity contribution is 6.37. The van der Waals surface area contributed by atoms with Crippen molar-refractivity contribution in [3.63, 3.8) is 0 Å². The third-order valence-corrected chi connectivity index (χ3v) is 4.04. The number of hydrogen-bond acceptors (Lipinski definition) is 3. The molecule has 2 aliphatic rings. The standard InChI is InChI=1S/C16H9Cl2NO3/c17-9-1-2-10-11(16(20)19-13(10)6-9)3-8-4-12(18)15-14(5-8)21-7-22-15/h1-6H,7H2,(H,19,20). The summed E-state index contributed by atoms with van der Waals surface area (Å²) in [6, 6.07) is 8.82. The van der Waals surface area contributed by atoms with E-state index in [9.17, 15) is 4.79 Å². The predicted molar refractivity (Wildman–Crippen MR) is 85.5 cm³/mol. The lowest BCUT2D eigenvalue weighted by molar-refractivity contribution is -0.110. The van der Waals surface area contributed by atoms with Crippen molar-refractivity contribution in [3.8, 4) is 11.5 Å². The van der Waals surface area contributed by atoms with E-state index in [1.807, 2.05) is 6.07 Å². The Labute approximate surface area is 136 Å². The molecule has 2 aromatic carbocycles. The first-order chi connectivity index (χ1) is 10.6. The van der Waals surface area contributed by atoms with E-state index in [0.29, 0.717) is 32.8 Å². The number of fused-ring (bicyclic) bond motifs is 2. The molecule has 2 heterocycles. The average molecular weight is 334 g/mol. The van der Waals surface area contributed by atoms with Crippen LogP contribution in [0.15, 0.2) is 30.3 Å². The SMILES string of the molecule is O=C1Nc2cc(Cl)ccc2C1=Cc1cc(Cl)c2c(c1)OCO2. The van der Waals surface area contributed by atoms with Crippen LogP contribution in [0.3, 0.4) is 0 Å². The van der Waals surface area contributed by atoms with Gasteiger partial charge in [-0.3, -0.25) is 4.79 Å². The molecule has 0 radical (unpaired) electrons. The third kappa shape index (κ3) is 2.12. The van der Waals surface area contributed by atoms with Gasteiger partial charge in [-0.05, 0) is 35.9 Å². The summed E-state index contributed by atoms with van der Waals surface area (Å²) in [5, 5.41) is 3.83. The van der Waals surface area contributed by atoms with Crippen molar-refractivity contribution < 1.29 is 14.3 Å². The molecular formula is C16H9Cl2NO3. The molecule has 0 saturated heterocycles. The van der Waals surface area contributed by atoms with Crippen molar-refractivity contribution in [1.82, 2.24) is 0 Å². The molecule has 1 N–H and O–H groups in total. The molecule has 4 rings (SSSR count). The van der Waals surface area contributed by atoms with E-state index in [1.165, 1.54) is 0 Å². The summed E-state index contributed by atoms with van der Waals surface area (Å²) in [6.07, 6.45) is 1.77. The van der Waals surface area contributed by atoms with Crippen LogP contribution in [0.1, 0.15) is 11.1 Å². The van der Waals surface area contributed by atoms with Gasteiger partial charge in [0.05, 0.1) is 10.7 Å². The molecule has 0 atom stereocenters. The van der Waals surface area contributed by atoms with Gasteiger partial charge in [-0.1, -0.05) is 29.3 Å². The average Bonchev–Trinajstić information content (AvgIpc) is 3.04. The molecule has 110 valence electrons. The second-order valence-corrected chi connectivity index (χ2v) is 5.78. The zero-order valence-electron chi connectivity index (χ0n) is 11.2. The van der Waals surface area contributed by atoms with Crippen molar-refractivity contribution in [3.05, 3.63) is 51.5 Å². The smallest absolute Gasteiger partial charge is 0.256 e. The first-order valence-corrected chi connectivity index (χ1v) is 7.29. The molecule has 22 heavy (non-hydrogen) atoms. The van der Waals surface area contributed by atoms with Gasteiger partial charge in [0.25, 0.3) is 5.91 Å². The first kappa shape index (κ1) is 13.5. The number of benzene rings is 2. The lowest BCUT2D eigenvalue weighted by Crippen LogP contribution is -2.03. The van der Waals surface area contributed by atoms with Gasteiger partial charge in [-0.2, -0.15) is 0 Å². The largest absolute Gasteiger partial charge is 0.454 e. The van der Waals surface area contributed by atoms with Gasteiger partial charge in [-0.25, -0.2) is 0 Å². The van der Waals surface area contributed by atoms with Crippen molar-refractivity contribution in [2.24, 2.45) is 0 Å². The molecule has 0 fully saturated rings. The summed E-state index contributed by atoms with van der Waals surface area (Å²) in [7, 11) is 0. The quantitative estimate of drug-likeness (QED) is 0.795. The molecule has 4 nitrogen and oxygen atoms in total. The zero-order valence-corrected chi connectivity index (χ0v) is 12.7. The van der Waals surface area contributed by atoms with Crippen molar-refractivity contribution in [2.45, 2.75) is 0 Å². The van der Waals surface area contributed by atoms with Crippen LogP contribution in [-0.4, -0.2) is 12.7 Å². The number of rotatable bonds is 1. The summed E-state index contributed by atoms with van der Waals surface area (Å²) in [5.41, 5.74) is 2.84. The highest BCUT2D eigenvalue weighted by Crippen LogP contribution is 2.41. The van der Waals surface area contributed by atoms with Crippen LogP contribution in [0.4, 0.5) is 5.69 Å². The lowest BCUT2D eigenvalue weighted by Gasteiger charge is -2.03. The van der Waals surface area contributed by atoms with E-state index < -0.39 is 0 Å². The molecule has 0 spiro atoms. The maximum absolute atomic E-state index is 12.2. The maximum atomic E-state index is 12.2. The molecule has 0 unspecified atom stereocenters. The van der Waals surface area contributed by atoms with Gasteiger partial charge >= 0.3 is 0 Å². The summed E-state index contributed by atoms with van der Waals surface area (Å²) in [6.45, 7) is 0.150. The summed E-state index contributed by atoms with van der Waals surface area (Å²) >= 11 is 12.1. The minimum atomic E-state index is -0.175. The van der Waals surface area contributed by atoms with E-state index >= 15 is 0 Å². The molecule has 6 heteroatoms. The van der Waals surface area contributed by atoms with E-state index in [4.69, 9.17) is 32.7 Å². The molecular weight excluding hydrogens is 325 g/mol. The Balaban J connectivity index is 1.81. The molecule has 0 bridgehead atoms. The number of anilines is 1. The topological polar surface area (TPSA) is 47.6 Å². The summed E-state index contributed by atoms with van der Waals surface area (Å²) in [5.74, 6) is 0.937. The van der Waals surface area contributed by atoms with Crippen LogP contribution in [0.5, 0.6) is 11.5 Å². The molecule has 0 aromatic heterocycles. The second kappa shape index (κ2) is 4.93. The Bertz CT molecular complexity index is 846. The number of ether oxygens (including phenoxy) is 2. The maximum Gasteiger partial charge on any atom is 0.256 e. The third-order valence-electron chi connectivity index (χ3n) is 3.53. The van der Waals surface area contributed by atoms with Crippen LogP contribution in [-0.2, 0) is 4.79 Å². The van der Waals surface area contributed by atoms with Gasteiger partial charge in [0, 0.05) is 16.2 Å². The Hall–Kier alpha value is -2.17. The van der Waals surface area contributed by atoms with Gasteiger partial charge in [0.15, 0.2) is 11.5 Å². The Morgan fingerprint density at radius 2 is 2.00 bits per heavy atom. The molecule has 1 amide bonds. The highest BCUT2D eigenvalue weighted by atomic mass is 35.5. The molecule has 0 aliphatic carbocycles. The number of carbonyl (C=O) groups is 1. The van der Waals surface area contributed by atoms with Gasteiger partial charge in [0.1, 0.15) is 0 Å². The van der Waals surface area contributed by atoms with Gasteiger partial charge < -0.3 is 14.8 Å². The number of nitrogens with one attached hydrogen (secondary N) is 1. The van der Waals surface area contributed by atoms with E-state index in [2.05, 4.69) is 5.32 Å². The molecule has 2 aliphatic heterocycles. The fourth-order valence-electron chi connectivity index (χ4n) is 2.55. The fourth-order valence-corrected chi connectivity index (χ4v) is 2.99. The monoisotopic (exact) mass is 333 g/mol. The van der Waals surface area contributed by atoms with Crippen LogP contribution in [0.25, 0.3) is 11.6 Å². The number of halogens is 2. The number of amides is 1. The number of hydrogen-bond donors (Lipinski definition) is 1. The Morgan fingerprint density at radius 1 is 1.14 bits per heavy atom. The molecule has 2 aromatic rings. The summed E-state index contributed by atoms with van der Waals surface area (Å²) < 4.78 is 10.6. The minimum Gasteiger partial charge on any atom is -0.454 e. The lowest BCUT2D eigenvalue weighted by atomic mass is 10.0. The Kier molecular flexibility index (Phi) is 3.03. The molecule has 0 saturated carbocycles. The normalized spacial score (nSPS) is 16.8. The second-order valence-electron chi connectivity index (χ2n) is 4.94. The highest BCUT2D eigenvalue weighted by Gasteiger charge is 2.25. The van der Waals surface area contributed by atoms with Gasteiger partial charge in [-0.15, -0.1) is 0 Å². The van der Waals surface area contributed by atoms with E-state index in [1.54, 1.807) is 30.3 Å². The zero-order chi connectivity index (χ0) is 15.3. The van der Waals surface area contributed by atoms with Crippen molar-refractivity contribution in [1.29, 1.82) is 0 Å². The Morgan fingerprint density at radius 3 is 2.86 bits per heavy atom. The number of carbonyl (C=O) groups excluding carboxylic acids is 1. The van der Waals surface area contributed by atoms with E-state index in [-0.39, 0.29) is 12.7 Å². The van der Waals surface area contributed by atoms with Crippen LogP contribution >= 0.6 is 23.2 Å². The van der Waals surface area contributed by atoms with Crippen molar-refractivity contribution >= 4 is 46.4 Å². The van der Waals surface area contributed by atoms with Crippen LogP contribution < -0.4 is 14.8 Å². The first-order valence-electron chi connectivity index (χ1n) is 6.54. The van der Waals surface area contributed by atoms with Gasteiger partial charge in [0.2, 0.25) is 6.79 Å².